The van der Waals surface area contributed by atoms with E-state index in [-0.39, 0.29) is 35.7 Å². The number of hydrogen-bond donors (Lipinski definition) is 1. The third-order valence-corrected chi connectivity index (χ3v) is 5.86. The van der Waals surface area contributed by atoms with Crippen LogP contribution < -0.4 is 10.1 Å². The lowest BCUT2D eigenvalue weighted by atomic mass is 9.97. The number of alkyl halides is 8. The molecule has 6 nitrogen and oxygen atoms in total. The Hall–Kier alpha value is -3.84. The van der Waals surface area contributed by atoms with E-state index in [0.29, 0.717) is 12.1 Å². The first-order valence-corrected chi connectivity index (χ1v) is 11.5. The molecule has 1 fully saturated rings. The van der Waals surface area contributed by atoms with Gasteiger partial charge >= 0.3 is 12.4 Å². The lowest BCUT2D eigenvalue weighted by Gasteiger charge is -2.20. The summed E-state index contributed by atoms with van der Waals surface area (Å²) in [6.07, 6.45) is -5.56. The lowest BCUT2D eigenvalue weighted by molar-refractivity contribution is -0.153. The zero-order chi connectivity index (χ0) is 28.6. The van der Waals surface area contributed by atoms with Crippen LogP contribution in [-0.2, 0) is 12.1 Å². The summed E-state index contributed by atoms with van der Waals surface area (Å²) in [5, 5.41) is 2.44. The minimum absolute atomic E-state index is 0.123. The summed E-state index contributed by atoms with van der Waals surface area (Å²) >= 11 is 0. The summed E-state index contributed by atoms with van der Waals surface area (Å²) in [4.78, 5) is 25.2. The minimum Gasteiger partial charge on any atom is -0.483 e. The van der Waals surface area contributed by atoms with Crippen molar-refractivity contribution >= 4 is 5.91 Å². The highest BCUT2D eigenvalue weighted by molar-refractivity contribution is 5.95. The van der Waals surface area contributed by atoms with Crippen molar-refractivity contribution < 1.29 is 44.7 Å². The summed E-state index contributed by atoms with van der Waals surface area (Å²) in [6.45, 7) is -0.0725. The van der Waals surface area contributed by atoms with Gasteiger partial charge in [0.15, 0.2) is 6.61 Å². The molecule has 1 aliphatic rings. The number of carbonyl (C=O) groups is 1. The fourth-order valence-electron chi connectivity index (χ4n) is 3.78. The predicted molar refractivity (Wildman–Crippen MR) is 121 cm³/mol. The molecule has 1 N–H and O–H groups in total. The van der Waals surface area contributed by atoms with E-state index in [1.807, 2.05) is 0 Å². The van der Waals surface area contributed by atoms with E-state index in [4.69, 9.17) is 0 Å². The molecule has 1 atom stereocenters. The molecular weight excluding hydrogens is 540 g/mol. The van der Waals surface area contributed by atoms with E-state index >= 15 is 0 Å². The average Bonchev–Trinajstić information content (AvgIpc) is 3.73. The number of rotatable bonds is 8. The van der Waals surface area contributed by atoms with Crippen molar-refractivity contribution in [1.29, 1.82) is 0 Å². The van der Waals surface area contributed by atoms with Crippen molar-refractivity contribution in [3.05, 3.63) is 71.3 Å². The first-order chi connectivity index (χ1) is 18.1. The quantitative estimate of drug-likeness (QED) is 0.319. The molecule has 0 bridgehead atoms. The van der Waals surface area contributed by atoms with E-state index in [9.17, 15) is 39.9 Å². The van der Waals surface area contributed by atoms with Crippen molar-refractivity contribution in [3.8, 4) is 17.1 Å². The van der Waals surface area contributed by atoms with Crippen molar-refractivity contribution in [2.75, 3.05) is 6.61 Å². The first kappa shape index (κ1) is 28.2. The number of hydrogen-bond acceptors (Lipinski definition) is 5. The molecule has 1 aromatic carbocycles. The monoisotopic (exact) mass is 560 g/mol. The van der Waals surface area contributed by atoms with Gasteiger partial charge in [-0.25, -0.2) is 8.78 Å². The second-order valence-corrected chi connectivity index (χ2v) is 8.96. The summed E-state index contributed by atoms with van der Waals surface area (Å²) in [7, 11) is 0. The second-order valence-electron chi connectivity index (χ2n) is 8.96. The van der Waals surface area contributed by atoms with Crippen LogP contribution >= 0.6 is 0 Å². The molecule has 0 radical (unpaired) electrons. The number of carbonyl (C=O) groups excluding carboxylic acids is 1. The molecule has 0 aliphatic heterocycles. The maximum Gasteiger partial charge on any atom is 0.422 e. The van der Waals surface area contributed by atoms with Gasteiger partial charge in [-0.1, -0.05) is 0 Å². The number of halogens is 8. The van der Waals surface area contributed by atoms with Gasteiger partial charge in [0.2, 0.25) is 0 Å². The average molecular weight is 560 g/mol. The fraction of sp³-hybridized carbons (Fsp3) is 0.360. The zero-order valence-corrected chi connectivity index (χ0v) is 20.1. The molecule has 2 heterocycles. The van der Waals surface area contributed by atoms with Gasteiger partial charge in [-0.05, 0) is 50.1 Å². The summed E-state index contributed by atoms with van der Waals surface area (Å²) < 4.78 is 111. The molecule has 1 saturated carbocycles. The normalized spacial score (nSPS) is 15.1. The Balaban J connectivity index is 1.58. The first-order valence-electron chi connectivity index (χ1n) is 11.5. The standard InChI is InChI=1S/C25H20F8N4O2/c1-13(20-21(35-7-6-34-20)19-5-4-18(11-36-19)39-12-23(26,27)28)37-22(38)14-8-16(24(29,30)15-2-3-15)10-17(9-14)25(31,32)33/h4-11,13,15H,2-3,12H2,1H3,(H,37,38). The van der Waals surface area contributed by atoms with Gasteiger partial charge in [-0.2, -0.15) is 26.3 Å². The van der Waals surface area contributed by atoms with E-state index in [1.54, 1.807) is 0 Å². The van der Waals surface area contributed by atoms with E-state index in [0.717, 1.165) is 12.3 Å². The summed E-state index contributed by atoms with van der Waals surface area (Å²) in [5.41, 5.74) is -2.48. The molecule has 1 aliphatic carbocycles. The lowest BCUT2D eigenvalue weighted by Crippen LogP contribution is -2.29. The molecule has 0 saturated heterocycles. The topological polar surface area (TPSA) is 77.0 Å². The fourth-order valence-corrected chi connectivity index (χ4v) is 3.78. The SMILES string of the molecule is CC(NC(=O)c1cc(C(F)(F)F)cc(C(F)(F)C2CC2)c1)c1nccnc1-c1ccc(OCC(F)(F)F)cn1. The van der Waals surface area contributed by atoms with Gasteiger partial charge in [0.1, 0.15) is 11.4 Å². The van der Waals surface area contributed by atoms with Gasteiger partial charge < -0.3 is 10.1 Å². The molecule has 0 spiro atoms. The van der Waals surface area contributed by atoms with E-state index in [2.05, 4.69) is 25.0 Å². The van der Waals surface area contributed by atoms with Crippen LogP contribution in [0.1, 0.15) is 53.0 Å². The molecular formula is C25H20F8N4O2. The number of nitrogens with one attached hydrogen (secondary N) is 1. The molecule has 4 rings (SSSR count). The second kappa shape index (κ2) is 10.4. The number of nitrogens with zero attached hydrogens (tertiary/aromatic N) is 3. The van der Waals surface area contributed by atoms with Crippen LogP contribution in [0, 0.1) is 5.92 Å². The van der Waals surface area contributed by atoms with Gasteiger partial charge in [0.05, 0.1) is 29.2 Å². The molecule has 1 amide bonds. The third kappa shape index (κ3) is 6.79. The van der Waals surface area contributed by atoms with Crippen molar-refractivity contribution in [2.24, 2.45) is 5.92 Å². The Morgan fingerprint density at radius 3 is 2.23 bits per heavy atom. The summed E-state index contributed by atoms with van der Waals surface area (Å²) in [5.74, 6) is -5.83. The van der Waals surface area contributed by atoms with Crippen molar-refractivity contribution in [2.45, 2.75) is 44.1 Å². The third-order valence-electron chi connectivity index (χ3n) is 5.86. The van der Waals surface area contributed by atoms with Crippen LogP contribution in [0.3, 0.4) is 0 Å². The smallest absolute Gasteiger partial charge is 0.422 e. The number of aromatic nitrogens is 3. The number of benzene rings is 1. The Morgan fingerprint density at radius 2 is 1.64 bits per heavy atom. The molecule has 1 unspecified atom stereocenters. The Labute approximate surface area is 216 Å². The van der Waals surface area contributed by atoms with Gasteiger partial charge in [0.25, 0.3) is 11.8 Å². The van der Waals surface area contributed by atoms with E-state index in [1.165, 1.54) is 31.5 Å². The highest BCUT2D eigenvalue weighted by atomic mass is 19.4. The molecule has 39 heavy (non-hydrogen) atoms. The highest BCUT2D eigenvalue weighted by Crippen LogP contribution is 2.50. The Morgan fingerprint density at radius 1 is 0.974 bits per heavy atom. The number of amides is 1. The number of ether oxygens (including phenoxy) is 1. The summed E-state index contributed by atoms with van der Waals surface area (Å²) in [6, 6.07) is 3.15. The van der Waals surface area contributed by atoms with E-state index < -0.39 is 59.4 Å². The van der Waals surface area contributed by atoms with Crippen LogP contribution in [0.2, 0.25) is 0 Å². The number of pyridine rings is 1. The van der Waals surface area contributed by atoms with Crippen molar-refractivity contribution in [1.82, 2.24) is 20.3 Å². The van der Waals surface area contributed by atoms with Crippen LogP contribution in [0.15, 0.2) is 48.9 Å². The molecule has 2 aromatic heterocycles. The maximum atomic E-state index is 14.7. The van der Waals surface area contributed by atoms with Crippen molar-refractivity contribution in [3.63, 3.8) is 0 Å². The largest absolute Gasteiger partial charge is 0.483 e. The minimum atomic E-state index is -4.96. The van der Waals surface area contributed by atoms with Gasteiger partial charge in [0, 0.05) is 29.4 Å². The maximum absolute atomic E-state index is 14.7. The van der Waals surface area contributed by atoms with Gasteiger partial charge in [-0.3, -0.25) is 19.7 Å². The molecule has 3 aromatic rings. The van der Waals surface area contributed by atoms with Crippen LogP contribution in [0.4, 0.5) is 35.1 Å². The predicted octanol–water partition coefficient (Wildman–Crippen LogP) is 6.49. The zero-order valence-electron chi connectivity index (χ0n) is 20.1. The Kier molecular flexibility index (Phi) is 7.50. The van der Waals surface area contributed by atoms with Gasteiger partial charge in [-0.15, -0.1) is 0 Å². The van der Waals surface area contributed by atoms with Crippen LogP contribution in [0.5, 0.6) is 5.75 Å². The highest BCUT2D eigenvalue weighted by Gasteiger charge is 2.49. The molecule has 14 heteroatoms. The van der Waals surface area contributed by atoms with Crippen LogP contribution in [0.25, 0.3) is 11.4 Å². The Bertz CT molecular complexity index is 1340. The molecule has 208 valence electrons. The van der Waals surface area contributed by atoms with Crippen LogP contribution in [-0.4, -0.2) is 33.6 Å².